The van der Waals surface area contributed by atoms with E-state index >= 15 is 0 Å². The van der Waals surface area contributed by atoms with Gasteiger partial charge in [-0.05, 0) is 38.9 Å². The van der Waals surface area contributed by atoms with Crippen molar-refractivity contribution in [3.05, 3.63) is 30.1 Å². The van der Waals surface area contributed by atoms with Crippen molar-refractivity contribution in [2.75, 3.05) is 6.54 Å². The molecule has 0 aliphatic carbocycles. The monoisotopic (exact) mass is 346 g/mol. The van der Waals surface area contributed by atoms with Crippen LogP contribution >= 0.6 is 24.8 Å². The van der Waals surface area contributed by atoms with Gasteiger partial charge in [0.05, 0.1) is 17.1 Å². The third-order valence-electron chi connectivity index (χ3n) is 3.37. The van der Waals surface area contributed by atoms with Crippen molar-refractivity contribution in [3.8, 4) is 0 Å². The molecule has 1 aromatic carbocycles. The van der Waals surface area contributed by atoms with Gasteiger partial charge in [0.1, 0.15) is 5.82 Å². The summed E-state index contributed by atoms with van der Waals surface area (Å²) in [6.07, 6.45) is 1.18. The van der Waals surface area contributed by atoms with Crippen LogP contribution in [0.2, 0.25) is 0 Å². The second-order valence-corrected chi connectivity index (χ2v) is 4.88. The lowest BCUT2D eigenvalue weighted by Crippen LogP contribution is -2.28. The SMILES string of the molecule is CCn1c(C(C)NC(=O)CCCN)nc2ccccc21.Cl.Cl. The zero-order chi connectivity index (χ0) is 14.5. The lowest BCUT2D eigenvalue weighted by Gasteiger charge is -2.15. The fourth-order valence-corrected chi connectivity index (χ4v) is 2.40. The first-order chi connectivity index (χ1) is 9.67. The maximum absolute atomic E-state index is 11.8. The Morgan fingerprint density at radius 1 is 1.36 bits per heavy atom. The van der Waals surface area contributed by atoms with E-state index in [1.54, 1.807) is 0 Å². The second-order valence-electron chi connectivity index (χ2n) is 4.88. The van der Waals surface area contributed by atoms with Crippen LogP contribution in [0.5, 0.6) is 0 Å². The van der Waals surface area contributed by atoms with Gasteiger partial charge in [-0.2, -0.15) is 0 Å². The summed E-state index contributed by atoms with van der Waals surface area (Å²) in [4.78, 5) is 16.4. The standard InChI is InChI=1S/C15H22N4O.2ClH/c1-3-19-13-8-5-4-7-12(13)18-15(19)11(2)17-14(20)9-6-10-16;;/h4-5,7-8,11H,3,6,9-10,16H2,1-2H3,(H,17,20);2*1H. The number of fused-ring (bicyclic) bond motifs is 1. The molecule has 5 nitrogen and oxygen atoms in total. The molecule has 0 aliphatic heterocycles. The van der Waals surface area contributed by atoms with E-state index in [0.29, 0.717) is 19.4 Å². The maximum atomic E-state index is 11.8. The van der Waals surface area contributed by atoms with Crippen molar-refractivity contribution < 1.29 is 4.79 Å². The van der Waals surface area contributed by atoms with E-state index < -0.39 is 0 Å². The lowest BCUT2D eigenvalue weighted by molar-refractivity contribution is -0.121. The number of nitrogens with zero attached hydrogens (tertiary/aromatic N) is 2. The number of nitrogens with two attached hydrogens (primary N) is 1. The number of carbonyl (C=O) groups excluding carboxylic acids is 1. The maximum Gasteiger partial charge on any atom is 0.220 e. The number of aromatic nitrogens is 2. The van der Waals surface area contributed by atoms with Gasteiger partial charge in [-0.1, -0.05) is 12.1 Å². The van der Waals surface area contributed by atoms with E-state index in [1.807, 2.05) is 25.1 Å². The highest BCUT2D eigenvalue weighted by molar-refractivity contribution is 5.85. The molecular weight excluding hydrogens is 323 g/mol. The van der Waals surface area contributed by atoms with Gasteiger partial charge in [0.15, 0.2) is 0 Å². The van der Waals surface area contributed by atoms with E-state index in [-0.39, 0.29) is 36.8 Å². The van der Waals surface area contributed by atoms with E-state index in [1.165, 1.54) is 0 Å². The Labute approximate surface area is 143 Å². The topological polar surface area (TPSA) is 72.9 Å². The average molecular weight is 347 g/mol. The Balaban J connectivity index is 0.00000220. The fourth-order valence-electron chi connectivity index (χ4n) is 2.40. The molecule has 1 atom stereocenters. The van der Waals surface area contributed by atoms with Crippen LogP contribution in [-0.4, -0.2) is 22.0 Å². The number of hydrogen-bond donors (Lipinski definition) is 2. The number of aryl methyl sites for hydroxylation is 1. The molecule has 2 rings (SSSR count). The van der Waals surface area contributed by atoms with Gasteiger partial charge < -0.3 is 15.6 Å². The number of amides is 1. The molecule has 1 heterocycles. The van der Waals surface area contributed by atoms with E-state index in [9.17, 15) is 4.79 Å². The number of para-hydroxylation sites is 2. The molecule has 1 unspecified atom stereocenters. The molecule has 3 N–H and O–H groups in total. The van der Waals surface area contributed by atoms with Gasteiger partial charge in [0.2, 0.25) is 5.91 Å². The minimum atomic E-state index is -0.104. The number of halogens is 2. The Kier molecular flexibility index (Phi) is 9.09. The van der Waals surface area contributed by atoms with Crippen LogP contribution in [0.25, 0.3) is 11.0 Å². The Morgan fingerprint density at radius 3 is 2.68 bits per heavy atom. The van der Waals surface area contributed by atoms with Gasteiger partial charge in [-0.25, -0.2) is 4.98 Å². The highest BCUT2D eigenvalue weighted by atomic mass is 35.5. The average Bonchev–Trinajstić information content (AvgIpc) is 2.83. The van der Waals surface area contributed by atoms with Crippen molar-refractivity contribution in [1.29, 1.82) is 0 Å². The van der Waals surface area contributed by atoms with Gasteiger partial charge >= 0.3 is 0 Å². The van der Waals surface area contributed by atoms with Gasteiger partial charge in [0.25, 0.3) is 0 Å². The van der Waals surface area contributed by atoms with Crippen molar-refractivity contribution in [3.63, 3.8) is 0 Å². The molecular formula is C15H24Cl2N4O. The van der Waals surface area contributed by atoms with Crippen LogP contribution < -0.4 is 11.1 Å². The summed E-state index contributed by atoms with van der Waals surface area (Å²) >= 11 is 0. The molecule has 124 valence electrons. The number of nitrogens with one attached hydrogen (secondary N) is 1. The molecule has 0 aliphatic rings. The summed E-state index contributed by atoms with van der Waals surface area (Å²) in [6.45, 7) is 5.42. The first-order valence-corrected chi connectivity index (χ1v) is 7.12. The van der Waals surface area contributed by atoms with Crippen LogP contribution in [0.3, 0.4) is 0 Å². The number of carbonyl (C=O) groups is 1. The first-order valence-electron chi connectivity index (χ1n) is 7.12. The van der Waals surface area contributed by atoms with Crippen molar-refractivity contribution in [2.24, 2.45) is 5.73 Å². The summed E-state index contributed by atoms with van der Waals surface area (Å²) in [7, 11) is 0. The molecule has 0 bridgehead atoms. The molecule has 22 heavy (non-hydrogen) atoms. The van der Waals surface area contributed by atoms with Gasteiger partial charge in [0, 0.05) is 13.0 Å². The van der Waals surface area contributed by atoms with Crippen molar-refractivity contribution >= 4 is 41.8 Å². The number of rotatable bonds is 6. The largest absolute Gasteiger partial charge is 0.346 e. The summed E-state index contributed by atoms with van der Waals surface area (Å²) in [5.74, 6) is 0.924. The summed E-state index contributed by atoms with van der Waals surface area (Å²) in [6, 6.07) is 7.92. The van der Waals surface area contributed by atoms with Crippen molar-refractivity contribution in [1.82, 2.24) is 14.9 Å². The van der Waals surface area contributed by atoms with Crippen molar-refractivity contribution in [2.45, 2.75) is 39.3 Å². The quantitative estimate of drug-likeness (QED) is 0.844. The normalized spacial score (nSPS) is 11.4. The minimum absolute atomic E-state index is 0. The molecule has 2 aromatic rings. The lowest BCUT2D eigenvalue weighted by atomic mass is 10.2. The Morgan fingerprint density at radius 2 is 2.05 bits per heavy atom. The second kappa shape index (κ2) is 9.66. The van der Waals surface area contributed by atoms with E-state index in [2.05, 4.69) is 27.9 Å². The summed E-state index contributed by atoms with van der Waals surface area (Å²) < 4.78 is 2.14. The predicted octanol–water partition coefficient (Wildman–Crippen LogP) is 2.82. The van der Waals surface area contributed by atoms with Gasteiger partial charge in [-0.3, -0.25) is 4.79 Å². The molecule has 1 amide bonds. The third-order valence-corrected chi connectivity index (χ3v) is 3.37. The number of hydrogen-bond acceptors (Lipinski definition) is 3. The van der Waals surface area contributed by atoms with Crippen LogP contribution in [0.4, 0.5) is 0 Å². The van der Waals surface area contributed by atoms with Crippen LogP contribution in [0.15, 0.2) is 24.3 Å². The van der Waals surface area contributed by atoms with E-state index in [4.69, 9.17) is 5.73 Å². The van der Waals surface area contributed by atoms with Gasteiger partial charge in [-0.15, -0.1) is 24.8 Å². The molecule has 1 aromatic heterocycles. The third kappa shape index (κ3) is 4.60. The molecule has 0 fully saturated rings. The zero-order valence-corrected chi connectivity index (χ0v) is 14.5. The van der Waals surface area contributed by atoms with Crippen LogP contribution in [0.1, 0.15) is 38.6 Å². The molecule has 0 saturated carbocycles. The predicted molar refractivity (Wildman–Crippen MR) is 94.7 cm³/mol. The highest BCUT2D eigenvalue weighted by Crippen LogP contribution is 2.20. The Hall–Kier alpha value is -1.30. The molecule has 0 saturated heterocycles. The van der Waals surface area contributed by atoms with E-state index in [0.717, 1.165) is 23.4 Å². The zero-order valence-electron chi connectivity index (χ0n) is 12.9. The summed E-state index contributed by atoms with van der Waals surface area (Å²) in [5.41, 5.74) is 7.49. The molecule has 7 heteroatoms. The molecule has 0 radical (unpaired) electrons. The summed E-state index contributed by atoms with van der Waals surface area (Å²) in [5, 5.41) is 2.99. The van der Waals surface area contributed by atoms with Crippen LogP contribution in [0, 0.1) is 0 Å². The number of benzene rings is 1. The Bertz CT molecular complexity index is 600. The smallest absolute Gasteiger partial charge is 0.220 e. The first kappa shape index (κ1) is 20.7. The number of imidazole rings is 1. The fraction of sp³-hybridized carbons (Fsp3) is 0.467. The minimum Gasteiger partial charge on any atom is -0.346 e. The van der Waals surface area contributed by atoms with Crippen LogP contribution in [-0.2, 0) is 11.3 Å². The molecule has 0 spiro atoms. The highest BCUT2D eigenvalue weighted by Gasteiger charge is 2.17.